The van der Waals surface area contributed by atoms with E-state index in [2.05, 4.69) is 69.7 Å². The average Bonchev–Trinajstić information content (AvgIpc) is 2.69. The minimum atomic E-state index is 0.160. The maximum Gasteiger partial charge on any atom is 0.0727 e. The molecule has 0 aliphatic heterocycles. The van der Waals surface area contributed by atoms with E-state index >= 15 is 0 Å². The van der Waals surface area contributed by atoms with Gasteiger partial charge in [-0.15, -0.1) is 0 Å². The lowest BCUT2D eigenvalue weighted by molar-refractivity contribution is 0.590. The van der Waals surface area contributed by atoms with Gasteiger partial charge in [-0.3, -0.25) is 4.68 Å². The van der Waals surface area contributed by atoms with Gasteiger partial charge in [-0.25, -0.2) is 0 Å². The van der Waals surface area contributed by atoms with Crippen LogP contribution >= 0.6 is 12.6 Å². The molecule has 0 spiro atoms. The molecule has 0 unspecified atom stereocenters. The maximum absolute atomic E-state index is 4.48. The molecule has 0 aliphatic rings. The van der Waals surface area contributed by atoms with Gasteiger partial charge in [-0.05, 0) is 35.6 Å². The highest BCUT2D eigenvalue weighted by atomic mass is 32.1. The summed E-state index contributed by atoms with van der Waals surface area (Å²) in [6.45, 7) is 8.87. The molecule has 0 N–H and O–H groups in total. The van der Waals surface area contributed by atoms with Crippen LogP contribution in [0.4, 0.5) is 0 Å². The van der Waals surface area contributed by atoms with Crippen LogP contribution in [0.1, 0.15) is 37.6 Å². The van der Waals surface area contributed by atoms with E-state index in [9.17, 15) is 0 Å². The highest BCUT2D eigenvalue weighted by molar-refractivity contribution is 7.79. The van der Waals surface area contributed by atoms with Gasteiger partial charge in [-0.1, -0.05) is 32.9 Å². The molecule has 0 amide bonds. The molecule has 2 nitrogen and oxygen atoms in total. The first-order valence-corrected chi connectivity index (χ1v) is 7.21. The summed E-state index contributed by atoms with van der Waals surface area (Å²) < 4.78 is 1.94. The molecule has 0 fully saturated rings. The van der Waals surface area contributed by atoms with Crippen LogP contribution in [-0.4, -0.2) is 9.78 Å². The first-order chi connectivity index (χ1) is 8.82. The van der Waals surface area contributed by atoms with E-state index < -0.39 is 0 Å². The first kappa shape index (κ1) is 14.2. The number of aromatic nitrogens is 2. The van der Waals surface area contributed by atoms with Crippen molar-refractivity contribution < 1.29 is 0 Å². The largest absolute Gasteiger partial charge is 0.268 e. The molecule has 0 bridgehead atoms. The van der Waals surface area contributed by atoms with Gasteiger partial charge >= 0.3 is 0 Å². The van der Waals surface area contributed by atoms with Gasteiger partial charge in [0.15, 0.2) is 0 Å². The number of benzene rings is 1. The molecule has 102 valence electrons. The van der Waals surface area contributed by atoms with E-state index in [1.807, 2.05) is 11.7 Å². The zero-order valence-electron chi connectivity index (χ0n) is 12.4. The number of hydrogen-bond acceptors (Lipinski definition) is 2. The Morgan fingerprint density at radius 3 is 2.42 bits per heavy atom. The number of aryl methyl sites for hydroxylation is 2. The molecule has 1 aromatic heterocycles. The van der Waals surface area contributed by atoms with Crippen LogP contribution in [-0.2, 0) is 18.2 Å². The first-order valence-electron chi connectivity index (χ1n) is 6.58. The number of rotatable bonds is 2. The monoisotopic (exact) mass is 274 g/mol. The van der Waals surface area contributed by atoms with Crippen molar-refractivity contribution in [3.8, 4) is 11.3 Å². The van der Waals surface area contributed by atoms with Crippen LogP contribution in [0.3, 0.4) is 0 Å². The van der Waals surface area contributed by atoms with Crippen molar-refractivity contribution in [3.63, 3.8) is 0 Å². The Hall–Kier alpha value is -1.22. The van der Waals surface area contributed by atoms with Crippen molar-refractivity contribution >= 4 is 12.6 Å². The summed E-state index contributed by atoms with van der Waals surface area (Å²) in [4.78, 5) is 0. The zero-order valence-corrected chi connectivity index (χ0v) is 13.3. The van der Waals surface area contributed by atoms with E-state index in [0.717, 1.165) is 11.4 Å². The molecule has 1 heterocycles. The van der Waals surface area contributed by atoms with Crippen molar-refractivity contribution in [1.29, 1.82) is 0 Å². The second-order valence-electron chi connectivity index (χ2n) is 6.08. The van der Waals surface area contributed by atoms with Crippen LogP contribution in [0, 0.1) is 6.92 Å². The third-order valence-corrected chi connectivity index (χ3v) is 3.80. The molecule has 0 radical (unpaired) electrons. The number of nitrogens with zero attached hydrogens (tertiary/aromatic N) is 2. The quantitative estimate of drug-likeness (QED) is 0.815. The Labute approximate surface area is 121 Å². The summed E-state index contributed by atoms with van der Waals surface area (Å²) in [5, 5.41) is 4.48. The maximum atomic E-state index is 4.48. The second-order valence-corrected chi connectivity index (χ2v) is 6.40. The van der Waals surface area contributed by atoms with Crippen molar-refractivity contribution in [2.24, 2.45) is 7.05 Å². The molecule has 2 rings (SSSR count). The molecule has 2 aromatic rings. The van der Waals surface area contributed by atoms with Crippen LogP contribution in [0.2, 0.25) is 0 Å². The molecule has 0 atom stereocenters. The zero-order chi connectivity index (χ0) is 14.2. The summed E-state index contributed by atoms with van der Waals surface area (Å²) in [5.41, 5.74) is 6.22. The molecular weight excluding hydrogens is 252 g/mol. The fourth-order valence-electron chi connectivity index (χ4n) is 2.22. The van der Waals surface area contributed by atoms with Gasteiger partial charge in [0, 0.05) is 18.4 Å². The van der Waals surface area contributed by atoms with Crippen molar-refractivity contribution in [3.05, 3.63) is 41.1 Å². The lowest BCUT2D eigenvalue weighted by Gasteiger charge is -2.20. The molecule has 0 aliphatic carbocycles. The summed E-state index contributed by atoms with van der Waals surface area (Å²) in [6.07, 6.45) is 0. The highest BCUT2D eigenvalue weighted by Gasteiger charge is 2.16. The topological polar surface area (TPSA) is 17.8 Å². The third kappa shape index (κ3) is 2.86. The SMILES string of the molecule is Cc1ccc(C(C)(C)C)cc1-c1cc(CS)nn1C. The van der Waals surface area contributed by atoms with E-state index in [4.69, 9.17) is 0 Å². The Morgan fingerprint density at radius 2 is 1.89 bits per heavy atom. The normalized spacial score (nSPS) is 11.9. The van der Waals surface area contributed by atoms with Gasteiger partial charge in [0.1, 0.15) is 0 Å². The van der Waals surface area contributed by atoms with Gasteiger partial charge in [-0.2, -0.15) is 17.7 Å². The Balaban J connectivity index is 2.57. The van der Waals surface area contributed by atoms with Gasteiger partial charge in [0.05, 0.1) is 11.4 Å². The van der Waals surface area contributed by atoms with Crippen molar-refractivity contribution in [2.45, 2.75) is 38.9 Å². The van der Waals surface area contributed by atoms with Crippen LogP contribution in [0.25, 0.3) is 11.3 Å². The van der Waals surface area contributed by atoms with Crippen LogP contribution in [0.5, 0.6) is 0 Å². The highest BCUT2D eigenvalue weighted by Crippen LogP contribution is 2.30. The van der Waals surface area contributed by atoms with E-state index in [1.165, 1.54) is 16.7 Å². The Morgan fingerprint density at radius 1 is 1.21 bits per heavy atom. The summed E-state index contributed by atoms with van der Waals surface area (Å²) >= 11 is 4.30. The summed E-state index contributed by atoms with van der Waals surface area (Å²) in [5.74, 6) is 0.672. The number of thiol groups is 1. The lowest BCUT2D eigenvalue weighted by Crippen LogP contribution is -2.11. The minimum Gasteiger partial charge on any atom is -0.268 e. The minimum absolute atomic E-state index is 0.160. The van der Waals surface area contributed by atoms with Crippen LogP contribution < -0.4 is 0 Å². The molecule has 0 saturated carbocycles. The predicted molar refractivity (Wildman–Crippen MR) is 84.8 cm³/mol. The molecule has 3 heteroatoms. The average molecular weight is 274 g/mol. The van der Waals surface area contributed by atoms with E-state index in [0.29, 0.717) is 5.75 Å². The van der Waals surface area contributed by atoms with Gasteiger partial charge < -0.3 is 0 Å². The molecular formula is C16H22N2S. The Bertz CT molecular complexity index is 591. The predicted octanol–water partition coefficient (Wildman–Crippen LogP) is 4.12. The fourth-order valence-corrected chi connectivity index (χ4v) is 2.37. The second kappa shape index (κ2) is 5.04. The van der Waals surface area contributed by atoms with E-state index in [1.54, 1.807) is 0 Å². The van der Waals surface area contributed by atoms with Gasteiger partial charge in [0.25, 0.3) is 0 Å². The van der Waals surface area contributed by atoms with Crippen molar-refractivity contribution in [2.75, 3.05) is 0 Å². The molecule has 0 saturated heterocycles. The standard InChI is InChI=1S/C16H22N2S/c1-11-6-7-12(16(2,3)4)8-14(11)15-9-13(10-19)17-18(15)5/h6-9,19H,10H2,1-5H3. The smallest absolute Gasteiger partial charge is 0.0727 e. The number of hydrogen-bond donors (Lipinski definition) is 1. The summed E-state index contributed by atoms with van der Waals surface area (Å²) in [7, 11) is 1.99. The van der Waals surface area contributed by atoms with Gasteiger partial charge in [0.2, 0.25) is 0 Å². The van der Waals surface area contributed by atoms with Crippen LogP contribution in [0.15, 0.2) is 24.3 Å². The van der Waals surface area contributed by atoms with E-state index in [-0.39, 0.29) is 5.41 Å². The third-order valence-electron chi connectivity index (χ3n) is 3.47. The Kier molecular flexibility index (Phi) is 3.77. The molecule has 19 heavy (non-hydrogen) atoms. The fraction of sp³-hybridized carbons (Fsp3) is 0.438. The summed E-state index contributed by atoms with van der Waals surface area (Å²) in [6, 6.07) is 8.83. The molecule has 1 aromatic carbocycles. The van der Waals surface area contributed by atoms with Crippen molar-refractivity contribution in [1.82, 2.24) is 9.78 Å². The lowest BCUT2D eigenvalue weighted by atomic mass is 9.85.